The summed E-state index contributed by atoms with van der Waals surface area (Å²) in [6, 6.07) is 9.52. The molecule has 0 aliphatic carbocycles. The molecule has 0 aliphatic heterocycles. The third-order valence-corrected chi connectivity index (χ3v) is 2.75. The Labute approximate surface area is 106 Å². The van der Waals surface area contributed by atoms with Crippen LogP contribution in [0.15, 0.2) is 24.3 Å². The molecule has 0 amide bonds. The third-order valence-electron chi connectivity index (χ3n) is 2.75. The highest BCUT2D eigenvalue weighted by atomic mass is 14.9. The van der Waals surface area contributed by atoms with Gasteiger partial charge in [0, 0.05) is 12.6 Å². The quantitative estimate of drug-likeness (QED) is 0.676. The molecule has 0 saturated carbocycles. The fourth-order valence-corrected chi connectivity index (χ4v) is 1.74. The van der Waals surface area contributed by atoms with E-state index < -0.39 is 0 Å². The van der Waals surface area contributed by atoms with Crippen LogP contribution >= 0.6 is 0 Å². The molecular formula is C15H26N2. The maximum atomic E-state index is 3.44. The van der Waals surface area contributed by atoms with Crippen molar-refractivity contribution < 1.29 is 0 Å². The van der Waals surface area contributed by atoms with E-state index in [2.05, 4.69) is 55.7 Å². The molecule has 0 fully saturated rings. The monoisotopic (exact) mass is 234 g/mol. The molecule has 1 rings (SSSR count). The molecule has 0 atom stereocenters. The minimum Gasteiger partial charge on any atom is -0.314 e. The summed E-state index contributed by atoms with van der Waals surface area (Å²) in [5.41, 5.74) is 2.79. The summed E-state index contributed by atoms with van der Waals surface area (Å²) in [6.07, 6.45) is 2.31. The lowest BCUT2D eigenvalue weighted by molar-refractivity contribution is 0.590. The van der Waals surface area contributed by atoms with Crippen LogP contribution in [0.1, 0.15) is 38.3 Å². The van der Waals surface area contributed by atoms with Crippen LogP contribution in [0.4, 0.5) is 0 Å². The predicted octanol–water partition coefficient (Wildman–Crippen LogP) is 2.73. The molecule has 0 radical (unpaired) electrons. The van der Waals surface area contributed by atoms with E-state index in [9.17, 15) is 0 Å². The highest BCUT2D eigenvalue weighted by molar-refractivity contribution is 5.22. The lowest BCUT2D eigenvalue weighted by Crippen LogP contribution is -2.24. The van der Waals surface area contributed by atoms with Gasteiger partial charge in [-0.2, -0.15) is 0 Å². The smallest absolute Gasteiger partial charge is 0.0205 e. The van der Waals surface area contributed by atoms with Gasteiger partial charge < -0.3 is 10.6 Å². The summed E-state index contributed by atoms with van der Waals surface area (Å²) in [5.74, 6) is 0. The Hall–Kier alpha value is -0.860. The molecule has 0 heterocycles. The first-order valence-electron chi connectivity index (χ1n) is 6.74. The molecule has 0 aromatic heterocycles. The third kappa shape index (κ3) is 6.44. The van der Waals surface area contributed by atoms with Crippen LogP contribution in [0.3, 0.4) is 0 Å². The van der Waals surface area contributed by atoms with Crippen LogP contribution in [-0.4, -0.2) is 19.1 Å². The zero-order chi connectivity index (χ0) is 12.5. The van der Waals surface area contributed by atoms with E-state index in [-0.39, 0.29) is 0 Å². The maximum Gasteiger partial charge on any atom is 0.0205 e. The molecule has 17 heavy (non-hydrogen) atoms. The Bertz CT molecular complexity index is 290. The van der Waals surface area contributed by atoms with E-state index in [0.29, 0.717) is 6.04 Å². The van der Waals surface area contributed by atoms with Crippen LogP contribution in [0.5, 0.6) is 0 Å². The van der Waals surface area contributed by atoms with Gasteiger partial charge in [-0.25, -0.2) is 0 Å². The minimum absolute atomic E-state index is 0.576. The molecule has 0 aliphatic rings. The van der Waals surface area contributed by atoms with Gasteiger partial charge in [0.25, 0.3) is 0 Å². The summed E-state index contributed by atoms with van der Waals surface area (Å²) in [5, 5.41) is 6.85. The van der Waals surface area contributed by atoms with Crippen molar-refractivity contribution in [2.45, 2.75) is 46.2 Å². The maximum absolute atomic E-state index is 3.44. The van der Waals surface area contributed by atoms with E-state index >= 15 is 0 Å². The Morgan fingerprint density at radius 3 is 2.24 bits per heavy atom. The fourth-order valence-electron chi connectivity index (χ4n) is 1.74. The van der Waals surface area contributed by atoms with E-state index in [1.54, 1.807) is 0 Å². The first kappa shape index (κ1) is 14.2. The second-order valence-electron chi connectivity index (χ2n) is 4.85. The van der Waals surface area contributed by atoms with Gasteiger partial charge in [-0.05, 0) is 37.1 Å². The molecule has 2 nitrogen and oxygen atoms in total. The lowest BCUT2D eigenvalue weighted by atomic mass is 10.1. The van der Waals surface area contributed by atoms with Crippen LogP contribution in [0, 0.1) is 0 Å². The van der Waals surface area contributed by atoms with Crippen LogP contribution in [-0.2, 0) is 13.0 Å². The van der Waals surface area contributed by atoms with Crippen molar-refractivity contribution >= 4 is 0 Å². The Kier molecular flexibility index (Phi) is 6.90. The molecule has 1 aromatic rings. The Morgan fingerprint density at radius 2 is 1.65 bits per heavy atom. The van der Waals surface area contributed by atoms with E-state index in [0.717, 1.165) is 26.1 Å². The number of hydrogen-bond donors (Lipinski definition) is 2. The SMILES string of the molecule is CCCNCc1ccc(CCNC(C)C)cc1. The summed E-state index contributed by atoms with van der Waals surface area (Å²) in [6.45, 7) is 9.70. The zero-order valence-corrected chi connectivity index (χ0v) is 11.4. The van der Waals surface area contributed by atoms with Gasteiger partial charge in [0.05, 0.1) is 0 Å². The van der Waals surface area contributed by atoms with Crippen molar-refractivity contribution in [2.24, 2.45) is 0 Å². The lowest BCUT2D eigenvalue weighted by Gasteiger charge is -2.08. The van der Waals surface area contributed by atoms with Gasteiger partial charge in [-0.15, -0.1) is 0 Å². The topological polar surface area (TPSA) is 24.1 Å². The van der Waals surface area contributed by atoms with E-state index in [1.165, 1.54) is 17.5 Å². The summed E-state index contributed by atoms with van der Waals surface area (Å²) >= 11 is 0. The molecule has 0 unspecified atom stereocenters. The first-order valence-corrected chi connectivity index (χ1v) is 6.74. The number of benzene rings is 1. The molecular weight excluding hydrogens is 208 g/mol. The highest BCUT2D eigenvalue weighted by Gasteiger charge is 1.96. The summed E-state index contributed by atoms with van der Waals surface area (Å²) in [7, 11) is 0. The van der Waals surface area contributed by atoms with Gasteiger partial charge in [-0.1, -0.05) is 45.0 Å². The summed E-state index contributed by atoms with van der Waals surface area (Å²) < 4.78 is 0. The number of nitrogens with one attached hydrogen (secondary N) is 2. The summed E-state index contributed by atoms with van der Waals surface area (Å²) in [4.78, 5) is 0. The minimum atomic E-state index is 0.576. The van der Waals surface area contributed by atoms with Crippen molar-refractivity contribution in [3.05, 3.63) is 35.4 Å². The second kappa shape index (κ2) is 8.26. The predicted molar refractivity (Wildman–Crippen MR) is 75.3 cm³/mol. The van der Waals surface area contributed by atoms with Crippen LogP contribution in [0.25, 0.3) is 0 Å². The Balaban J connectivity index is 2.29. The van der Waals surface area contributed by atoms with E-state index in [4.69, 9.17) is 0 Å². The molecule has 1 aromatic carbocycles. The van der Waals surface area contributed by atoms with Gasteiger partial charge in [0.15, 0.2) is 0 Å². The fraction of sp³-hybridized carbons (Fsp3) is 0.600. The number of rotatable bonds is 8. The molecule has 2 N–H and O–H groups in total. The van der Waals surface area contributed by atoms with Crippen molar-refractivity contribution in [3.63, 3.8) is 0 Å². The standard InChI is InChI=1S/C15H26N2/c1-4-10-16-12-15-7-5-14(6-8-15)9-11-17-13(2)3/h5-8,13,16-17H,4,9-12H2,1-3H3. The normalized spacial score (nSPS) is 11.1. The van der Waals surface area contributed by atoms with Crippen LogP contribution < -0.4 is 10.6 Å². The Morgan fingerprint density at radius 1 is 1.00 bits per heavy atom. The number of hydrogen-bond acceptors (Lipinski definition) is 2. The van der Waals surface area contributed by atoms with Crippen molar-refractivity contribution in [1.82, 2.24) is 10.6 Å². The highest BCUT2D eigenvalue weighted by Crippen LogP contribution is 2.04. The van der Waals surface area contributed by atoms with E-state index in [1.807, 2.05) is 0 Å². The molecule has 0 saturated heterocycles. The van der Waals surface area contributed by atoms with Crippen LogP contribution in [0.2, 0.25) is 0 Å². The molecule has 2 heteroatoms. The van der Waals surface area contributed by atoms with Gasteiger partial charge in [0.2, 0.25) is 0 Å². The largest absolute Gasteiger partial charge is 0.314 e. The average Bonchev–Trinajstić information content (AvgIpc) is 2.31. The molecule has 0 bridgehead atoms. The molecule has 0 spiro atoms. The molecule has 96 valence electrons. The first-order chi connectivity index (χ1) is 8.22. The van der Waals surface area contributed by atoms with Gasteiger partial charge in [0.1, 0.15) is 0 Å². The zero-order valence-electron chi connectivity index (χ0n) is 11.4. The average molecular weight is 234 g/mol. The van der Waals surface area contributed by atoms with Gasteiger partial charge >= 0.3 is 0 Å². The van der Waals surface area contributed by atoms with Gasteiger partial charge in [-0.3, -0.25) is 0 Å². The van der Waals surface area contributed by atoms with Crippen molar-refractivity contribution in [3.8, 4) is 0 Å². The van der Waals surface area contributed by atoms with Crippen molar-refractivity contribution in [1.29, 1.82) is 0 Å². The van der Waals surface area contributed by atoms with Crippen molar-refractivity contribution in [2.75, 3.05) is 13.1 Å². The second-order valence-corrected chi connectivity index (χ2v) is 4.85.